The van der Waals surface area contributed by atoms with Crippen molar-refractivity contribution < 1.29 is 19.1 Å². The van der Waals surface area contributed by atoms with Gasteiger partial charge in [-0.25, -0.2) is 4.79 Å². The van der Waals surface area contributed by atoms with Crippen LogP contribution in [0.25, 0.3) is 0 Å². The van der Waals surface area contributed by atoms with Gasteiger partial charge in [-0.3, -0.25) is 9.59 Å². The second kappa shape index (κ2) is 9.33. The molecule has 0 saturated carbocycles. The number of benzene rings is 1. The van der Waals surface area contributed by atoms with Crippen LogP contribution in [0.2, 0.25) is 0 Å². The van der Waals surface area contributed by atoms with Crippen LogP contribution in [-0.4, -0.2) is 31.4 Å². The average Bonchev–Trinajstić information content (AvgIpc) is 2.52. The zero-order chi connectivity index (χ0) is 16.4. The summed E-state index contributed by atoms with van der Waals surface area (Å²) < 4.78 is 4.68. The summed E-state index contributed by atoms with van der Waals surface area (Å²) in [5.74, 6) is -0.977. The number of carbonyl (C=O) groups is 3. The van der Waals surface area contributed by atoms with Gasteiger partial charge in [-0.05, 0) is 31.0 Å². The van der Waals surface area contributed by atoms with Crippen LogP contribution < -0.4 is 10.6 Å². The van der Waals surface area contributed by atoms with Crippen molar-refractivity contribution in [3.05, 3.63) is 42.0 Å². The summed E-state index contributed by atoms with van der Waals surface area (Å²) in [6.45, 7) is 1.96. The van der Waals surface area contributed by atoms with Crippen LogP contribution in [0.15, 0.2) is 36.4 Å². The van der Waals surface area contributed by atoms with Gasteiger partial charge in [0.1, 0.15) is 0 Å². The molecule has 0 radical (unpaired) electrons. The molecule has 6 nitrogen and oxygen atoms in total. The molecule has 0 spiro atoms. The van der Waals surface area contributed by atoms with E-state index >= 15 is 0 Å². The molecule has 0 aliphatic rings. The van der Waals surface area contributed by atoms with Crippen molar-refractivity contribution in [3.8, 4) is 0 Å². The lowest BCUT2D eigenvalue weighted by Crippen LogP contribution is -2.17. The summed E-state index contributed by atoms with van der Waals surface area (Å²) in [5.41, 5.74) is 1.62. The Morgan fingerprint density at radius 2 is 1.82 bits per heavy atom. The van der Waals surface area contributed by atoms with Gasteiger partial charge in [0.2, 0.25) is 11.8 Å². The zero-order valence-corrected chi connectivity index (χ0v) is 12.7. The first-order chi connectivity index (χ1) is 10.5. The molecule has 0 unspecified atom stereocenters. The molecule has 1 aromatic carbocycles. The fourth-order valence-electron chi connectivity index (χ4n) is 1.66. The molecule has 0 aliphatic heterocycles. The molecule has 1 aromatic rings. The summed E-state index contributed by atoms with van der Waals surface area (Å²) in [6.07, 6.45) is 3.26. The third-order valence-electron chi connectivity index (χ3n) is 2.80. The van der Waals surface area contributed by atoms with Crippen molar-refractivity contribution in [2.45, 2.75) is 19.8 Å². The highest BCUT2D eigenvalue weighted by Gasteiger charge is 2.02. The SMILES string of the molecule is CCOC(=O)/C=C/C(=O)Nc1ccc(CCC(=O)NC)cc1. The minimum Gasteiger partial charge on any atom is -0.463 e. The highest BCUT2D eigenvalue weighted by atomic mass is 16.5. The molecule has 0 saturated heterocycles. The van der Waals surface area contributed by atoms with Gasteiger partial charge < -0.3 is 15.4 Å². The largest absolute Gasteiger partial charge is 0.463 e. The number of amides is 2. The van der Waals surface area contributed by atoms with Crippen molar-refractivity contribution in [3.63, 3.8) is 0 Å². The number of esters is 1. The Morgan fingerprint density at radius 1 is 1.14 bits per heavy atom. The van der Waals surface area contributed by atoms with Crippen molar-refractivity contribution in [2.24, 2.45) is 0 Å². The minimum absolute atomic E-state index is 0.0125. The van der Waals surface area contributed by atoms with E-state index in [0.29, 0.717) is 18.5 Å². The fourth-order valence-corrected chi connectivity index (χ4v) is 1.66. The van der Waals surface area contributed by atoms with Crippen LogP contribution in [-0.2, 0) is 25.5 Å². The van der Waals surface area contributed by atoms with Gasteiger partial charge in [-0.2, -0.15) is 0 Å². The van der Waals surface area contributed by atoms with Crippen LogP contribution in [0, 0.1) is 0 Å². The van der Waals surface area contributed by atoms with E-state index in [2.05, 4.69) is 15.4 Å². The first kappa shape index (κ1) is 17.4. The molecule has 0 heterocycles. The highest BCUT2D eigenvalue weighted by molar-refractivity contribution is 6.02. The molecular weight excluding hydrogens is 284 g/mol. The number of anilines is 1. The molecule has 0 aromatic heterocycles. The van der Waals surface area contributed by atoms with E-state index in [1.165, 1.54) is 0 Å². The molecular formula is C16H20N2O4. The summed E-state index contributed by atoms with van der Waals surface area (Å²) in [6, 6.07) is 7.17. The van der Waals surface area contributed by atoms with Crippen LogP contribution in [0.4, 0.5) is 5.69 Å². The van der Waals surface area contributed by atoms with Gasteiger partial charge in [0, 0.05) is 31.3 Å². The van der Waals surface area contributed by atoms with E-state index < -0.39 is 11.9 Å². The second-order valence-corrected chi connectivity index (χ2v) is 4.44. The average molecular weight is 304 g/mol. The lowest BCUT2D eigenvalue weighted by Gasteiger charge is -2.05. The van der Waals surface area contributed by atoms with E-state index in [1.54, 1.807) is 26.1 Å². The van der Waals surface area contributed by atoms with Crippen LogP contribution >= 0.6 is 0 Å². The molecule has 118 valence electrons. The van der Waals surface area contributed by atoms with E-state index in [-0.39, 0.29) is 12.5 Å². The molecule has 0 fully saturated rings. The Bertz CT molecular complexity index is 550. The Labute approximate surface area is 129 Å². The summed E-state index contributed by atoms with van der Waals surface area (Å²) in [5, 5.41) is 5.19. The lowest BCUT2D eigenvalue weighted by atomic mass is 10.1. The first-order valence-corrected chi connectivity index (χ1v) is 7.00. The van der Waals surface area contributed by atoms with Crippen molar-refractivity contribution in [1.29, 1.82) is 0 Å². The predicted octanol–water partition coefficient (Wildman–Crippen LogP) is 1.42. The van der Waals surface area contributed by atoms with Crippen molar-refractivity contribution >= 4 is 23.5 Å². The molecule has 0 aliphatic carbocycles. The highest BCUT2D eigenvalue weighted by Crippen LogP contribution is 2.11. The Kier molecular flexibility index (Phi) is 7.39. The van der Waals surface area contributed by atoms with Crippen LogP contribution in [0.3, 0.4) is 0 Å². The minimum atomic E-state index is -0.554. The van der Waals surface area contributed by atoms with Crippen molar-refractivity contribution in [2.75, 3.05) is 19.0 Å². The van der Waals surface area contributed by atoms with Gasteiger partial charge >= 0.3 is 5.97 Å². The van der Waals surface area contributed by atoms with Gasteiger partial charge in [-0.15, -0.1) is 0 Å². The third-order valence-corrected chi connectivity index (χ3v) is 2.80. The van der Waals surface area contributed by atoms with E-state index in [9.17, 15) is 14.4 Å². The monoisotopic (exact) mass is 304 g/mol. The van der Waals surface area contributed by atoms with Gasteiger partial charge in [0.25, 0.3) is 0 Å². The van der Waals surface area contributed by atoms with Crippen LogP contribution in [0.5, 0.6) is 0 Å². The van der Waals surface area contributed by atoms with Crippen LogP contribution in [0.1, 0.15) is 18.9 Å². The number of ether oxygens (including phenoxy) is 1. The smallest absolute Gasteiger partial charge is 0.330 e. The number of hydrogen-bond acceptors (Lipinski definition) is 4. The van der Waals surface area contributed by atoms with Crippen molar-refractivity contribution in [1.82, 2.24) is 5.32 Å². The van der Waals surface area contributed by atoms with Gasteiger partial charge in [0.15, 0.2) is 0 Å². The Balaban J connectivity index is 2.48. The maximum absolute atomic E-state index is 11.6. The van der Waals surface area contributed by atoms with E-state index in [0.717, 1.165) is 17.7 Å². The number of rotatable bonds is 7. The maximum Gasteiger partial charge on any atom is 0.330 e. The van der Waals surface area contributed by atoms with E-state index in [4.69, 9.17) is 0 Å². The van der Waals surface area contributed by atoms with Gasteiger partial charge in [0.05, 0.1) is 6.61 Å². The van der Waals surface area contributed by atoms with Gasteiger partial charge in [-0.1, -0.05) is 12.1 Å². The molecule has 0 atom stereocenters. The molecule has 2 amide bonds. The summed E-state index contributed by atoms with van der Waals surface area (Å²) >= 11 is 0. The summed E-state index contributed by atoms with van der Waals surface area (Å²) in [7, 11) is 1.60. The predicted molar refractivity (Wildman–Crippen MR) is 83.2 cm³/mol. The quantitative estimate of drug-likeness (QED) is 0.589. The zero-order valence-electron chi connectivity index (χ0n) is 12.7. The van der Waals surface area contributed by atoms with E-state index in [1.807, 2.05) is 12.1 Å². The number of hydrogen-bond donors (Lipinski definition) is 2. The molecule has 1 rings (SSSR count). The Hall–Kier alpha value is -2.63. The third kappa shape index (κ3) is 6.69. The summed E-state index contributed by atoms with van der Waals surface area (Å²) in [4.78, 5) is 33.8. The standard InChI is InChI=1S/C16H20N2O4/c1-3-22-16(21)11-10-15(20)18-13-7-4-12(5-8-13)6-9-14(19)17-2/h4-5,7-8,10-11H,3,6,9H2,1-2H3,(H,17,19)(H,18,20)/b11-10+. The maximum atomic E-state index is 11.6. The second-order valence-electron chi connectivity index (χ2n) is 4.44. The molecule has 0 bridgehead atoms. The normalized spacial score (nSPS) is 10.3. The fraction of sp³-hybridized carbons (Fsp3) is 0.312. The number of aryl methyl sites for hydroxylation is 1. The number of carbonyl (C=O) groups excluding carboxylic acids is 3. The molecule has 22 heavy (non-hydrogen) atoms. The Morgan fingerprint density at radius 3 is 2.41 bits per heavy atom. The number of nitrogens with one attached hydrogen (secondary N) is 2. The first-order valence-electron chi connectivity index (χ1n) is 7.00. The molecule has 6 heteroatoms. The molecule has 2 N–H and O–H groups in total. The lowest BCUT2D eigenvalue weighted by molar-refractivity contribution is -0.137. The topological polar surface area (TPSA) is 84.5 Å².